The topological polar surface area (TPSA) is 101 Å². The third kappa shape index (κ3) is 3.57. The van der Waals surface area contributed by atoms with Gasteiger partial charge in [-0.1, -0.05) is 12.1 Å². The predicted molar refractivity (Wildman–Crippen MR) is 68.9 cm³/mol. The molecule has 0 aliphatic carbocycles. The Morgan fingerprint density at radius 3 is 2.89 bits per heavy atom. The molecule has 0 fully saturated rings. The molecular formula is C11H14N4O2S. The molecule has 0 aliphatic rings. The molecule has 0 saturated heterocycles. The van der Waals surface area contributed by atoms with E-state index in [1.807, 2.05) is 0 Å². The van der Waals surface area contributed by atoms with Gasteiger partial charge in [-0.25, -0.2) is 18.1 Å². The molecule has 0 saturated carbocycles. The van der Waals surface area contributed by atoms with E-state index in [9.17, 15) is 8.42 Å². The number of H-pyrrole nitrogens is 1. The minimum Gasteiger partial charge on any atom is -0.399 e. The molecule has 1 heterocycles. The van der Waals surface area contributed by atoms with Gasteiger partial charge in [0.1, 0.15) is 0 Å². The van der Waals surface area contributed by atoms with E-state index in [-0.39, 0.29) is 12.3 Å². The molecule has 0 atom stereocenters. The first-order valence-electron chi connectivity index (χ1n) is 5.34. The van der Waals surface area contributed by atoms with Crippen molar-refractivity contribution < 1.29 is 8.42 Å². The molecule has 7 heteroatoms. The first-order chi connectivity index (χ1) is 8.55. The average Bonchev–Trinajstić information content (AvgIpc) is 2.78. The number of hydrogen-bond acceptors (Lipinski definition) is 4. The number of imidazole rings is 1. The van der Waals surface area contributed by atoms with Crippen molar-refractivity contribution in [1.29, 1.82) is 0 Å². The van der Waals surface area contributed by atoms with Gasteiger partial charge in [0, 0.05) is 17.6 Å². The van der Waals surface area contributed by atoms with Gasteiger partial charge in [0.25, 0.3) is 0 Å². The lowest BCUT2D eigenvalue weighted by Gasteiger charge is -2.06. The number of nitrogens with zero attached hydrogens (tertiary/aromatic N) is 1. The zero-order valence-corrected chi connectivity index (χ0v) is 10.4. The molecule has 0 bridgehead atoms. The Kier molecular flexibility index (Phi) is 3.63. The summed E-state index contributed by atoms with van der Waals surface area (Å²) in [5, 5.41) is 0. The van der Waals surface area contributed by atoms with Crippen molar-refractivity contribution in [1.82, 2.24) is 14.7 Å². The van der Waals surface area contributed by atoms with E-state index in [2.05, 4.69) is 14.7 Å². The maximum Gasteiger partial charge on any atom is 0.216 e. The molecule has 4 N–H and O–H groups in total. The summed E-state index contributed by atoms with van der Waals surface area (Å²) >= 11 is 0. The van der Waals surface area contributed by atoms with Crippen LogP contribution in [0, 0.1) is 0 Å². The first kappa shape index (κ1) is 12.6. The number of aromatic amines is 1. The lowest BCUT2D eigenvalue weighted by Crippen LogP contribution is -2.24. The molecule has 1 aromatic carbocycles. The summed E-state index contributed by atoms with van der Waals surface area (Å²) in [5.74, 6) is -0.0911. The second-order valence-corrected chi connectivity index (χ2v) is 5.71. The maximum absolute atomic E-state index is 11.8. The highest BCUT2D eigenvalue weighted by Gasteiger charge is 2.11. The largest absolute Gasteiger partial charge is 0.399 e. The average molecular weight is 266 g/mol. The SMILES string of the molecule is Nc1cccc(CS(=O)(=O)NCc2cnc[nH]2)c1. The Hall–Kier alpha value is -1.86. The second-order valence-electron chi connectivity index (χ2n) is 3.90. The Bertz CT molecular complexity index is 608. The quantitative estimate of drug-likeness (QED) is 0.690. The number of hydrogen-bond donors (Lipinski definition) is 3. The van der Waals surface area contributed by atoms with Gasteiger partial charge >= 0.3 is 0 Å². The molecular weight excluding hydrogens is 252 g/mol. The molecule has 0 unspecified atom stereocenters. The van der Waals surface area contributed by atoms with Gasteiger partial charge in [-0.2, -0.15) is 0 Å². The van der Waals surface area contributed by atoms with Crippen LogP contribution in [0.5, 0.6) is 0 Å². The van der Waals surface area contributed by atoms with E-state index in [0.29, 0.717) is 16.9 Å². The van der Waals surface area contributed by atoms with E-state index in [1.165, 1.54) is 6.33 Å². The van der Waals surface area contributed by atoms with Crippen LogP contribution in [0.25, 0.3) is 0 Å². The van der Waals surface area contributed by atoms with Gasteiger partial charge in [0.2, 0.25) is 10.0 Å². The smallest absolute Gasteiger partial charge is 0.216 e. The highest BCUT2D eigenvalue weighted by atomic mass is 32.2. The van der Waals surface area contributed by atoms with E-state index in [1.54, 1.807) is 30.5 Å². The molecule has 96 valence electrons. The van der Waals surface area contributed by atoms with Crippen LogP contribution < -0.4 is 10.5 Å². The Morgan fingerprint density at radius 1 is 1.39 bits per heavy atom. The Balaban J connectivity index is 1.99. The van der Waals surface area contributed by atoms with Crippen molar-refractivity contribution in [2.24, 2.45) is 0 Å². The summed E-state index contributed by atoms with van der Waals surface area (Å²) in [5.41, 5.74) is 7.53. The van der Waals surface area contributed by atoms with E-state index in [4.69, 9.17) is 5.73 Å². The highest BCUT2D eigenvalue weighted by molar-refractivity contribution is 7.88. The number of nitrogens with one attached hydrogen (secondary N) is 2. The van der Waals surface area contributed by atoms with E-state index in [0.717, 1.165) is 0 Å². The Labute approximate surface area is 105 Å². The van der Waals surface area contributed by atoms with Gasteiger partial charge < -0.3 is 10.7 Å². The summed E-state index contributed by atoms with van der Waals surface area (Å²) in [7, 11) is -3.38. The number of aromatic nitrogens is 2. The molecule has 6 nitrogen and oxygen atoms in total. The summed E-state index contributed by atoms with van der Waals surface area (Å²) in [6, 6.07) is 6.82. The summed E-state index contributed by atoms with van der Waals surface area (Å²) in [6.45, 7) is 0.199. The van der Waals surface area contributed by atoms with Crippen LogP contribution in [0.4, 0.5) is 5.69 Å². The number of nitrogen functional groups attached to an aromatic ring is 1. The molecule has 0 aliphatic heterocycles. The monoisotopic (exact) mass is 266 g/mol. The van der Waals surface area contributed by atoms with Gasteiger partial charge in [0.15, 0.2) is 0 Å². The van der Waals surface area contributed by atoms with Gasteiger partial charge in [-0.15, -0.1) is 0 Å². The van der Waals surface area contributed by atoms with Crippen LogP contribution in [-0.2, 0) is 22.3 Å². The fraction of sp³-hybridized carbons (Fsp3) is 0.182. The number of rotatable bonds is 5. The normalized spacial score (nSPS) is 11.6. The predicted octanol–water partition coefficient (Wildman–Crippen LogP) is 0.611. The zero-order valence-electron chi connectivity index (χ0n) is 9.63. The lowest BCUT2D eigenvalue weighted by molar-refractivity contribution is 0.579. The second kappa shape index (κ2) is 5.19. The van der Waals surface area contributed by atoms with E-state index >= 15 is 0 Å². The molecule has 1 aromatic heterocycles. The van der Waals surface area contributed by atoms with E-state index < -0.39 is 10.0 Å². The minimum absolute atomic E-state index is 0.0911. The van der Waals surface area contributed by atoms with Gasteiger partial charge in [-0.05, 0) is 17.7 Å². The maximum atomic E-state index is 11.8. The lowest BCUT2D eigenvalue weighted by atomic mass is 10.2. The molecule has 18 heavy (non-hydrogen) atoms. The standard InChI is InChI=1S/C11H14N4O2S/c12-10-3-1-2-9(4-10)7-18(16,17)15-6-11-5-13-8-14-11/h1-5,8,15H,6-7,12H2,(H,13,14). The van der Waals surface area contributed by atoms with Crippen molar-refractivity contribution in [2.75, 3.05) is 5.73 Å². The number of nitrogens with two attached hydrogens (primary N) is 1. The molecule has 0 radical (unpaired) electrons. The van der Waals surface area contributed by atoms with Crippen molar-refractivity contribution in [3.05, 3.63) is 48.0 Å². The molecule has 0 amide bonds. The van der Waals surface area contributed by atoms with Gasteiger partial charge in [-0.3, -0.25) is 0 Å². The third-order valence-corrected chi connectivity index (χ3v) is 3.64. The first-order valence-corrected chi connectivity index (χ1v) is 6.99. The van der Waals surface area contributed by atoms with Crippen LogP contribution in [0.1, 0.15) is 11.3 Å². The van der Waals surface area contributed by atoms with Crippen molar-refractivity contribution in [3.8, 4) is 0 Å². The van der Waals surface area contributed by atoms with Crippen LogP contribution in [0.3, 0.4) is 0 Å². The van der Waals surface area contributed by atoms with Crippen molar-refractivity contribution in [3.63, 3.8) is 0 Å². The number of benzene rings is 1. The molecule has 0 spiro atoms. The third-order valence-electron chi connectivity index (χ3n) is 2.35. The van der Waals surface area contributed by atoms with Crippen molar-refractivity contribution >= 4 is 15.7 Å². The highest BCUT2D eigenvalue weighted by Crippen LogP contribution is 2.09. The molecule has 2 rings (SSSR count). The van der Waals surface area contributed by atoms with Crippen molar-refractivity contribution in [2.45, 2.75) is 12.3 Å². The van der Waals surface area contributed by atoms with Crippen LogP contribution in [0.15, 0.2) is 36.8 Å². The number of sulfonamides is 1. The fourth-order valence-corrected chi connectivity index (χ4v) is 2.62. The van der Waals surface area contributed by atoms with Crippen LogP contribution >= 0.6 is 0 Å². The fourth-order valence-electron chi connectivity index (χ4n) is 1.52. The van der Waals surface area contributed by atoms with Crippen LogP contribution in [-0.4, -0.2) is 18.4 Å². The summed E-state index contributed by atoms with van der Waals surface area (Å²) in [6.07, 6.45) is 3.07. The number of anilines is 1. The minimum atomic E-state index is -3.38. The van der Waals surface area contributed by atoms with Crippen LogP contribution in [0.2, 0.25) is 0 Å². The van der Waals surface area contributed by atoms with Gasteiger partial charge in [0.05, 0.1) is 18.6 Å². The Morgan fingerprint density at radius 2 is 2.22 bits per heavy atom. The summed E-state index contributed by atoms with van der Waals surface area (Å²) in [4.78, 5) is 6.64. The molecule has 2 aromatic rings. The summed E-state index contributed by atoms with van der Waals surface area (Å²) < 4.78 is 26.1. The zero-order chi connectivity index (χ0) is 13.0.